The second kappa shape index (κ2) is 12.0. The van der Waals surface area contributed by atoms with Gasteiger partial charge in [-0.1, -0.05) is 29.4 Å². The molecule has 7 N–H and O–H groups in total. The third kappa shape index (κ3) is 7.65. The molecule has 2 aromatic carbocycles. The molecule has 0 saturated heterocycles. The first-order valence-corrected chi connectivity index (χ1v) is 9.77. The minimum absolute atomic E-state index is 0.0250. The number of nitrogens with zero attached hydrogens (tertiary/aromatic N) is 3. The van der Waals surface area contributed by atoms with Crippen molar-refractivity contribution in [2.45, 2.75) is 13.8 Å². The zero-order valence-electron chi connectivity index (χ0n) is 18.0. The minimum Gasteiger partial charge on any atom is -0.409 e. The molecule has 0 spiro atoms. The first-order valence-electron chi connectivity index (χ1n) is 9.77. The summed E-state index contributed by atoms with van der Waals surface area (Å²) in [7, 11) is 0. The van der Waals surface area contributed by atoms with E-state index >= 15 is 0 Å². The summed E-state index contributed by atoms with van der Waals surface area (Å²) >= 11 is 0. The first-order chi connectivity index (χ1) is 15.3. The Bertz CT molecular complexity index is 1030. The molecule has 0 aliphatic rings. The number of aliphatic hydroxyl groups is 1. The molecule has 0 aromatic heterocycles. The number of amides is 2. The van der Waals surface area contributed by atoms with Crippen LogP contribution in [0.2, 0.25) is 0 Å². The van der Waals surface area contributed by atoms with Crippen LogP contribution in [-0.2, 0) is 0 Å². The monoisotopic (exact) mass is 437 g/mol. The fourth-order valence-electron chi connectivity index (χ4n) is 2.56. The Balaban J connectivity index is 1.93. The van der Waals surface area contributed by atoms with Crippen molar-refractivity contribution in [3.05, 3.63) is 59.7 Å². The van der Waals surface area contributed by atoms with Gasteiger partial charge in [-0.05, 0) is 49.2 Å². The average molecular weight is 438 g/mol. The second-order valence-electron chi connectivity index (χ2n) is 6.89. The highest BCUT2D eigenvalue weighted by atomic mass is 16.4. The zero-order chi connectivity index (χ0) is 23.5. The Hall–Kier alpha value is -4.05. The fraction of sp³-hybridized carbons (Fsp3) is 0.227. The lowest BCUT2D eigenvalue weighted by Crippen LogP contribution is -2.19. The van der Waals surface area contributed by atoms with Gasteiger partial charge < -0.3 is 32.1 Å². The van der Waals surface area contributed by atoms with E-state index in [9.17, 15) is 4.79 Å². The van der Waals surface area contributed by atoms with Crippen molar-refractivity contribution in [1.29, 1.82) is 5.41 Å². The van der Waals surface area contributed by atoms with Crippen LogP contribution in [0.25, 0.3) is 0 Å². The maximum absolute atomic E-state index is 12.3. The molecule has 2 amide bonds. The summed E-state index contributed by atoms with van der Waals surface area (Å²) in [5, 5.41) is 33.3. The summed E-state index contributed by atoms with van der Waals surface area (Å²) in [6.45, 7) is 3.58. The molecule has 0 bridgehead atoms. The van der Waals surface area contributed by atoms with Gasteiger partial charge >= 0.3 is 6.03 Å². The van der Waals surface area contributed by atoms with E-state index in [4.69, 9.17) is 21.5 Å². The molecule has 0 aliphatic heterocycles. The molecule has 0 radical (unpaired) electrons. The van der Waals surface area contributed by atoms with Gasteiger partial charge in [0, 0.05) is 22.8 Å². The number of benzene rings is 2. The van der Waals surface area contributed by atoms with Gasteiger partial charge in [0.2, 0.25) is 0 Å². The Kier molecular flexibility index (Phi) is 9.05. The molecule has 10 nitrogen and oxygen atoms in total. The predicted octanol–water partition coefficient (Wildman–Crippen LogP) is 2.71. The number of rotatable bonds is 9. The molecule has 0 unspecified atom stereocenters. The summed E-state index contributed by atoms with van der Waals surface area (Å²) < 4.78 is 0. The van der Waals surface area contributed by atoms with Crippen LogP contribution >= 0.6 is 0 Å². The van der Waals surface area contributed by atoms with Gasteiger partial charge in [0.1, 0.15) is 6.54 Å². The topological polar surface area (TPSA) is 169 Å². The van der Waals surface area contributed by atoms with Crippen molar-refractivity contribution >= 4 is 40.4 Å². The van der Waals surface area contributed by atoms with E-state index in [1.54, 1.807) is 24.3 Å². The highest BCUT2D eigenvalue weighted by Gasteiger charge is 2.05. The van der Waals surface area contributed by atoms with E-state index in [-0.39, 0.29) is 37.3 Å². The molecule has 2 aromatic rings. The van der Waals surface area contributed by atoms with E-state index < -0.39 is 0 Å². The summed E-state index contributed by atoms with van der Waals surface area (Å²) in [6.07, 6.45) is 0. The second-order valence-corrected chi connectivity index (χ2v) is 6.89. The summed E-state index contributed by atoms with van der Waals surface area (Å²) in [5.41, 5.74) is 9.96. The van der Waals surface area contributed by atoms with Crippen molar-refractivity contribution in [2.24, 2.45) is 20.9 Å². The van der Waals surface area contributed by atoms with Gasteiger partial charge in [0.05, 0.1) is 18.9 Å². The Morgan fingerprint density at radius 3 is 1.75 bits per heavy atom. The molecule has 0 saturated carbocycles. The largest absolute Gasteiger partial charge is 0.409 e. The molecule has 0 fully saturated rings. The van der Waals surface area contributed by atoms with Crippen LogP contribution in [0.15, 0.2) is 63.7 Å². The van der Waals surface area contributed by atoms with Gasteiger partial charge in [-0.25, -0.2) is 4.79 Å². The molecule has 0 aliphatic carbocycles. The van der Waals surface area contributed by atoms with Crippen LogP contribution < -0.4 is 16.4 Å². The van der Waals surface area contributed by atoms with E-state index in [2.05, 4.69) is 25.8 Å². The number of nitrogens with one attached hydrogen (secondary N) is 3. The third-order valence-electron chi connectivity index (χ3n) is 4.43. The first kappa shape index (κ1) is 24.2. The summed E-state index contributed by atoms with van der Waals surface area (Å²) in [5.74, 6) is 0.0250. The molecule has 10 heteroatoms. The molecular formula is C22H27N7O3. The smallest absolute Gasteiger partial charge is 0.323 e. The normalized spacial score (nSPS) is 12.4. The van der Waals surface area contributed by atoms with Gasteiger partial charge in [-0.3, -0.25) is 9.98 Å². The SMILES string of the molecule is CC(=NCC(=N)CO)c1ccc(NC(=O)Nc2ccc(C(C)=NC/C(N)=N/O)cc2)cc1. The number of anilines is 2. The van der Waals surface area contributed by atoms with Crippen LogP contribution in [0.1, 0.15) is 25.0 Å². The molecule has 168 valence electrons. The van der Waals surface area contributed by atoms with E-state index in [0.29, 0.717) is 11.4 Å². The van der Waals surface area contributed by atoms with E-state index in [1.165, 1.54) is 0 Å². The molecule has 2 rings (SSSR count). The molecular weight excluding hydrogens is 410 g/mol. The maximum Gasteiger partial charge on any atom is 0.323 e. The molecule has 0 heterocycles. The van der Waals surface area contributed by atoms with E-state index in [1.807, 2.05) is 38.1 Å². The number of urea groups is 1. The maximum atomic E-state index is 12.3. The minimum atomic E-state index is -0.385. The number of carbonyl (C=O) groups excluding carboxylic acids is 1. The predicted molar refractivity (Wildman–Crippen MR) is 128 cm³/mol. The number of hydrogen-bond donors (Lipinski definition) is 6. The van der Waals surface area contributed by atoms with Crippen molar-refractivity contribution in [1.82, 2.24) is 0 Å². The number of nitrogens with two attached hydrogens (primary N) is 1. The van der Waals surface area contributed by atoms with Crippen LogP contribution in [0.3, 0.4) is 0 Å². The number of aliphatic imine (C=N–C) groups is 2. The lowest BCUT2D eigenvalue weighted by Gasteiger charge is -2.09. The highest BCUT2D eigenvalue weighted by molar-refractivity contribution is 6.03. The van der Waals surface area contributed by atoms with E-state index in [0.717, 1.165) is 22.6 Å². The summed E-state index contributed by atoms with van der Waals surface area (Å²) in [4.78, 5) is 20.8. The Morgan fingerprint density at radius 2 is 1.34 bits per heavy atom. The third-order valence-corrected chi connectivity index (χ3v) is 4.43. The van der Waals surface area contributed by atoms with Crippen molar-refractivity contribution < 1.29 is 15.1 Å². The van der Waals surface area contributed by atoms with Crippen molar-refractivity contribution in [3.63, 3.8) is 0 Å². The van der Waals surface area contributed by atoms with Gasteiger partial charge in [-0.2, -0.15) is 0 Å². The number of amidine groups is 1. The van der Waals surface area contributed by atoms with Gasteiger partial charge in [0.25, 0.3) is 0 Å². The van der Waals surface area contributed by atoms with Crippen molar-refractivity contribution in [2.75, 3.05) is 30.3 Å². The zero-order valence-corrected chi connectivity index (χ0v) is 18.0. The highest BCUT2D eigenvalue weighted by Crippen LogP contribution is 2.14. The number of aliphatic hydroxyl groups excluding tert-OH is 1. The molecule has 0 atom stereocenters. The standard InChI is InChI=1S/C22H27N7O3/c1-14(25-11-18(23)13-30)16-3-7-19(8-4-16)27-22(31)28-20-9-5-17(6-10-20)15(2)26-12-21(24)29-32/h3-10,23,30,32H,11-13H2,1-2H3,(H2,24,29)(H2,27,28,31). The lowest BCUT2D eigenvalue weighted by molar-refractivity contribution is 0.262. The van der Waals surface area contributed by atoms with Crippen LogP contribution in [0.5, 0.6) is 0 Å². The number of oxime groups is 1. The van der Waals surface area contributed by atoms with Crippen LogP contribution in [0, 0.1) is 5.41 Å². The van der Waals surface area contributed by atoms with Crippen LogP contribution in [-0.4, -0.2) is 59.0 Å². The van der Waals surface area contributed by atoms with Crippen LogP contribution in [0.4, 0.5) is 16.2 Å². The Labute approximate surface area is 186 Å². The van der Waals surface area contributed by atoms with Gasteiger partial charge in [-0.15, -0.1) is 0 Å². The quantitative estimate of drug-likeness (QED) is 0.153. The molecule has 32 heavy (non-hydrogen) atoms. The average Bonchev–Trinajstić information content (AvgIpc) is 2.81. The lowest BCUT2D eigenvalue weighted by atomic mass is 10.1. The number of hydrogen-bond acceptors (Lipinski definition) is 7. The Morgan fingerprint density at radius 1 is 0.906 bits per heavy atom. The fourth-order valence-corrected chi connectivity index (χ4v) is 2.56. The summed E-state index contributed by atoms with van der Waals surface area (Å²) in [6, 6.07) is 13.9. The number of carbonyl (C=O) groups is 1. The van der Waals surface area contributed by atoms with Crippen molar-refractivity contribution in [3.8, 4) is 0 Å². The van der Waals surface area contributed by atoms with Gasteiger partial charge in [0.15, 0.2) is 5.84 Å².